The van der Waals surface area contributed by atoms with Gasteiger partial charge in [-0.1, -0.05) is 24.3 Å². The number of benzene rings is 2. The third-order valence-electron chi connectivity index (χ3n) is 6.30. The van der Waals surface area contributed by atoms with Gasteiger partial charge < -0.3 is 20.1 Å². The highest BCUT2D eigenvalue weighted by Gasteiger charge is 2.32. The predicted octanol–water partition coefficient (Wildman–Crippen LogP) is 5.71. The van der Waals surface area contributed by atoms with E-state index in [2.05, 4.69) is 28.8 Å². The standard InChI is InChI=1S/C26H23N3O3S/c1-31-17-9-5-14(6-10-17)19-13-20(15-3-4-15)27-26-21(19)22-23(33-26)25(30)29-24(28-22)16-7-11-18(32-2)12-8-16/h5-13,15,24,28H,3-4H2,1-2H3,(H,29,30). The molecule has 1 unspecified atom stereocenters. The Balaban J connectivity index is 1.50. The molecule has 1 amide bonds. The van der Waals surface area contributed by atoms with Crippen molar-refractivity contribution >= 4 is 33.1 Å². The van der Waals surface area contributed by atoms with Gasteiger partial charge in [-0.25, -0.2) is 4.98 Å². The summed E-state index contributed by atoms with van der Waals surface area (Å²) in [5.74, 6) is 2.03. The van der Waals surface area contributed by atoms with Crippen molar-refractivity contribution in [2.45, 2.75) is 24.9 Å². The molecule has 1 aliphatic carbocycles. The molecule has 3 heterocycles. The first kappa shape index (κ1) is 20.1. The third-order valence-corrected chi connectivity index (χ3v) is 7.38. The molecule has 2 aromatic carbocycles. The Morgan fingerprint density at radius 2 is 1.61 bits per heavy atom. The number of nitrogens with zero attached hydrogens (tertiary/aromatic N) is 1. The molecule has 7 heteroatoms. The van der Waals surface area contributed by atoms with Crippen molar-refractivity contribution in [3.8, 4) is 22.6 Å². The lowest BCUT2D eigenvalue weighted by atomic mass is 9.99. The Labute approximate surface area is 195 Å². The molecule has 6 nitrogen and oxygen atoms in total. The number of hydrogen-bond donors (Lipinski definition) is 2. The number of anilines is 1. The maximum atomic E-state index is 13.1. The second-order valence-corrected chi connectivity index (χ2v) is 9.41. The minimum atomic E-state index is -0.333. The van der Waals surface area contributed by atoms with E-state index in [0.29, 0.717) is 10.8 Å². The lowest BCUT2D eigenvalue weighted by Crippen LogP contribution is -2.37. The Morgan fingerprint density at radius 3 is 2.24 bits per heavy atom. The number of rotatable bonds is 5. The van der Waals surface area contributed by atoms with Gasteiger partial charge in [-0.3, -0.25) is 4.79 Å². The molecular formula is C26H23N3O3S. The molecule has 2 aliphatic rings. The Bertz CT molecular complexity index is 1360. The first-order valence-electron chi connectivity index (χ1n) is 11.0. The van der Waals surface area contributed by atoms with Crippen molar-refractivity contribution in [3.05, 3.63) is 70.7 Å². The summed E-state index contributed by atoms with van der Waals surface area (Å²) in [5, 5.41) is 7.66. The van der Waals surface area contributed by atoms with Crippen LogP contribution in [0.4, 0.5) is 5.69 Å². The number of aromatic nitrogens is 1. The molecule has 4 aromatic rings. The number of amides is 1. The average molecular weight is 458 g/mol. The molecule has 0 bridgehead atoms. The first-order chi connectivity index (χ1) is 16.1. The van der Waals surface area contributed by atoms with E-state index in [1.54, 1.807) is 14.2 Å². The number of methoxy groups -OCH3 is 2. The molecular weight excluding hydrogens is 434 g/mol. The van der Waals surface area contributed by atoms with Crippen molar-refractivity contribution in [2.24, 2.45) is 0 Å². The third kappa shape index (κ3) is 3.49. The highest BCUT2D eigenvalue weighted by atomic mass is 32.1. The van der Waals surface area contributed by atoms with Crippen LogP contribution in [0, 0.1) is 0 Å². The molecule has 0 spiro atoms. The Kier molecular flexibility index (Phi) is 4.73. The molecule has 166 valence electrons. The normalized spacial score (nSPS) is 17.3. The van der Waals surface area contributed by atoms with Crippen LogP contribution in [-0.2, 0) is 0 Å². The molecule has 1 atom stereocenters. The SMILES string of the molecule is COc1ccc(-c2cc(C3CC3)nc3sc4c(c23)NC(c2ccc(OC)cc2)NC4=O)cc1. The maximum Gasteiger partial charge on any atom is 0.265 e. The summed E-state index contributed by atoms with van der Waals surface area (Å²) in [5.41, 5.74) is 5.10. The highest BCUT2D eigenvalue weighted by molar-refractivity contribution is 7.21. The van der Waals surface area contributed by atoms with Crippen LogP contribution in [-0.4, -0.2) is 25.1 Å². The fraction of sp³-hybridized carbons (Fsp3) is 0.231. The van der Waals surface area contributed by atoms with Gasteiger partial charge >= 0.3 is 0 Å². The molecule has 0 saturated heterocycles. The minimum absolute atomic E-state index is 0.0822. The number of nitrogens with one attached hydrogen (secondary N) is 2. The van der Waals surface area contributed by atoms with Gasteiger partial charge in [0.1, 0.15) is 27.4 Å². The zero-order valence-electron chi connectivity index (χ0n) is 18.3. The fourth-order valence-corrected chi connectivity index (χ4v) is 5.41. The minimum Gasteiger partial charge on any atom is -0.497 e. The number of pyridine rings is 1. The van der Waals surface area contributed by atoms with Crippen LogP contribution in [0.2, 0.25) is 0 Å². The molecule has 2 N–H and O–H groups in total. The number of fused-ring (bicyclic) bond motifs is 3. The lowest BCUT2D eigenvalue weighted by molar-refractivity contribution is 0.0940. The summed E-state index contributed by atoms with van der Waals surface area (Å²) in [6.07, 6.45) is 2.01. The van der Waals surface area contributed by atoms with Gasteiger partial charge in [0.15, 0.2) is 0 Å². The van der Waals surface area contributed by atoms with E-state index in [0.717, 1.165) is 49.8 Å². The highest BCUT2D eigenvalue weighted by Crippen LogP contribution is 2.47. The van der Waals surface area contributed by atoms with Crippen molar-refractivity contribution < 1.29 is 14.3 Å². The lowest BCUT2D eigenvalue weighted by Gasteiger charge is -2.27. The van der Waals surface area contributed by atoms with Crippen LogP contribution in [0.5, 0.6) is 11.5 Å². The molecule has 1 saturated carbocycles. The van der Waals surface area contributed by atoms with Crippen molar-refractivity contribution in [2.75, 3.05) is 19.5 Å². The molecule has 0 radical (unpaired) electrons. The van der Waals surface area contributed by atoms with Crippen molar-refractivity contribution in [3.63, 3.8) is 0 Å². The number of hydrogen-bond acceptors (Lipinski definition) is 6. The Morgan fingerprint density at radius 1 is 0.939 bits per heavy atom. The fourth-order valence-electron chi connectivity index (χ4n) is 4.34. The molecule has 1 aliphatic heterocycles. The van der Waals surface area contributed by atoms with Gasteiger partial charge in [-0.2, -0.15) is 0 Å². The van der Waals surface area contributed by atoms with Crippen molar-refractivity contribution in [1.82, 2.24) is 10.3 Å². The monoisotopic (exact) mass is 457 g/mol. The molecule has 33 heavy (non-hydrogen) atoms. The summed E-state index contributed by atoms with van der Waals surface area (Å²) < 4.78 is 10.6. The Hall–Kier alpha value is -3.58. The van der Waals surface area contributed by atoms with E-state index in [4.69, 9.17) is 14.5 Å². The topological polar surface area (TPSA) is 72.5 Å². The molecule has 1 fully saturated rings. The molecule has 6 rings (SSSR count). The van der Waals surface area contributed by atoms with E-state index in [1.807, 2.05) is 36.4 Å². The summed E-state index contributed by atoms with van der Waals surface area (Å²) in [4.78, 5) is 19.7. The van der Waals surface area contributed by atoms with Gasteiger partial charge in [0.05, 0.1) is 19.9 Å². The van der Waals surface area contributed by atoms with Gasteiger partial charge in [0.2, 0.25) is 0 Å². The van der Waals surface area contributed by atoms with Gasteiger partial charge in [-0.05, 0) is 59.9 Å². The van der Waals surface area contributed by atoms with Crippen LogP contribution >= 0.6 is 11.3 Å². The van der Waals surface area contributed by atoms with E-state index < -0.39 is 0 Å². The first-order valence-corrected chi connectivity index (χ1v) is 11.8. The van der Waals surface area contributed by atoms with Crippen LogP contribution in [0.25, 0.3) is 21.3 Å². The summed E-state index contributed by atoms with van der Waals surface area (Å²) >= 11 is 1.46. The number of ether oxygens (including phenoxy) is 2. The number of thiophene rings is 1. The quantitative estimate of drug-likeness (QED) is 0.401. The molecule has 2 aromatic heterocycles. The van der Waals surface area contributed by atoms with Gasteiger partial charge in [0.25, 0.3) is 5.91 Å². The second kappa shape index (κ2) is 7.78. The van der Waals surface area contributed by atoms with Crippen molar-refractivity contribution in [1.29, 1.82) is 0 Å². The van der Waals surface area contributed by atoms with Gasteiger partial charge in [-0.15, -0.1) is 11.3 Å². The second-order valence-electron chi connectivity index (χ2n) is 8.41. The predicted molar refractivity (Wildman–Crippen MR) is 130 cm³/mol. The number of carbonyl (C=O) groups is 1. The largest absolute Gasteiger partial charge is 0.497 e. The van der Waals surface area contributed by atoms with Crippen LogP contribution in [0.15, 0.2) is 54.6 Å². The van der Waals surface area contributed by atoms with Gasteiger partial charge in [0, 0.05) is 17.0 Å². The smallest absolute Gasteiger partial charge is 0.265 e. The van der Waals surface area contributed by atoms with Crippen LogP contribution in [0.3, 0.4) is 0 Å². The number of carbonyl (C=O) groups excluding carboxylic acids is 1. The summed E-state index contributed by atoms with van der Waals surface area (Å²) in [7, 11) is 3.31. The van der Waals surface area contributed by atoms with Crippen LogP contribution in [0.1, 0.15) is 45.9 Å². The zero-order valence-corrected chi connectivity index (χ0v) is 19.2. The van der Waals surface area contributed by atoms with E-state index >= 15 is 0 Å². The van der Waals surface area contributed by atoms with Crippen LogP contribution < -0.4 is 20.1 Å². The zero-order chi connectivity index (χ0) is 22.5. The summed E-state index contributed by atoms with van der Waals surface area (Å²) in [6.45, 7) is 0. The van der Waals surface area contributed by atoms with E-state index in [1.165, 1.54) is 24.2 Å². The average Bonchev–Trinajstić information content (AvgIpc) is 3.64. The maximum absolute atomic E-state index is 13.1. The van der Waals surface area contributed by atoms with E-state index in [-0.39, 0.29) is 12.1 Å². The van der Waals surface area contributed by atoms with E-state index in [9.17, 15) is 4.79 Å². The summed E-state index contributed by atoms with van der Waals surface area (Å²) in [6, 6.07) is 18.0.